The minimum Gasteiger partial charge on any atom is -0.423 e. The number of nitrogens with one attached hydrogen (secondary N) is 1. The maximum Gasteiger partial charge on any atom is 0.252 e. The molecule has 0 saturated heterocycles. The lowest BCUT2D eigenvalue weighted by Crippen LogP contribution is -2.52. The predicted octanol–water partition coefficient (Wildman–Crippen LogP) is 2.13. The normalized spacial score (nSPS) is 21.2. The second-order valence-corrected chi connectivity index (χ2v) is 8.89. The molecule has 0 radical (unpaired) electrons. The molecule has 1 aliphatic carbocycles. The molecule has 2 aromatic rings. The van der Waals surface area contributed by atoms with Crippen molar-refractivity contribution in [2.45, 2.75) is 49.9 Å². The highest BCUT2D eigenvalue weighted by Crippen LogP contribution is 2.32. The van der Waals surface area contributed by atoms with Crippen LogP contribution < -0.4 is 5.32 Å². The number of ether oxygens (including phenoxy) is 2. The summed E-state index contributed by atoms with van der Waals surface area (Å²) in [5.74, 6) is -0.522. The van der Waals surface area contributed by atoms with E-state index in [9.17, 15) is 20.1 Å². The standard InChI is InChI=1S/C23H27Br2N3O7/c1-13-27-28-23(35-13)21(34-11-5-9-25)19(31)18(30)20(33-10-4-8-24)22(32)26-17-15-7-3-2-6-14(15)12-16(17)29/h2-9,16-21,29-31H,10-12H2,1H3,(H,26,32)/b8-4+,9-5+/t16-,17+,18-,19-,20-,21-/m1/s1. The predicted molar refractivity (Wildman–Crippen MR) is 133 cm³/mol. The monoisotopic (exact) mass is 615 g/mol. The Balaban J connectivity index is 1.82. The zero-order chi connectivity index (χ0) is 25.4. The van der Waals surface area contributed by atoms with E-state index < -0.39 is 42.5 Å². The molecule has 1 aromatic carbocycles. The molecular weight excluding hydrogens is 590 g/mol. The van der Waals surface area contributed by atoms with Crippen LogP contribution in [0.25, 0.3) is 0 Å². The maximum absolute atomic E-state index is 13.3. The van der Waals surface area contributed by atoms with Gasteiger partial charge in [-0.15, -0.1) is 10.2 Å². The molecule has 0 saturated carbocycles. The molecule has 1 aromatic heterocycles. The number of hydrogen-bond acceptors (Lipinski definition) is 9. The second kappa shape index (κ2) is 13.4. The molecule has 190 valence electrons. The van der Waals surface area contributed by atoms with Crippen LogP contribution in [0.5, 0.6) is 0 Å². The van der Waals surface area contributed by atoms with Crippen LogP contribution in [0.15, 0.2) is 50.8 Å². The number of amides is 1. The van der Waals surface area contributed by atoms with Gasteiger partial charge in [0.25, 0.3) is 5.91 Å². The minimum atomic E-state index is -1.74. The summed E-state index contributed by atoms with van der Waals surface area (Å²) in [5, 5.41) is 43.0. The fraction of sp³-hybridized carbons (Fsp3) is 0.435. The molecule has 1 amide bonds. The number of carbonyl (C=O) groups excluding carboxylic acids is 1. The van der Waals surface area contributed by atoms with Crippen LogP contribution in [0.1, 0.15) is 35.1 Å². The van der Waals surface area contributed by atoms with Crippen LogP contribution in [-0.4, -0.2) is 69.1 Å². The SMILES string of the molecule is Cc1nnc([C@H](OC/C=C/Br)[C@H](O)[C@@H](O)[C@@H](OC/C=C/Br)C(=O)N[C@H]2c3ccccc3C[C@H]2O)o1. The summed E-state index contributed by atoms with van der Waals surface area (Å²) in [7, 11) is 0. The molecule has 0 unspecified atom stereocenters. The summed E-state index contributed by atoms with van der Waals surface area (Å²) >= 11 is 6.26. The van der Waals surface area contributed by atoms with Gasteiger partial charge in [0.1, 0.15) is 12.2 Å². The van der Waals surface area contributed by atoms with Crippen molar-refractivity contribution in [3.05, 3.63) is 69.3 Å². The number of fused-ring (bicyclic) bond motifs is 1. The number of benzene rings is 1. The van der Waals surface area contributed by atoms with E-state index in [-0.39, 0.29) is 25.0 Å². The number of hydrogen-bond donors (Lipinski definition) is 4. The molecule has 0 fully saturated rings. The number of rotatable bonds is 12. The smallest absolute Gasteiger partial charge is 0.252 e. The Bertz CT molecular complexity index is 1030. The highest BCUT2D eigenvalue weighted by Gasteiger charge is 2.42. The number of aromatic nitrogens is 2. The molecule has 4 N–H and O–H groups in total. The van der Waals surface area contributed by atoms with Gasteiger partial charge in [0.15, 0.2) is 12.2 Å². The Morgan fingerprint density at radius 1 is 1.17 bits per heavy atom. The fourth-order valence-corrected chi connectivity index (χ4v) is 4.11. The fourth-order valence-electron chi connectivity index (χ4n) is 3.80. The van der Waals surface area contributed by atoms with E-state index in [1.54, 1.807) is 29.0 Å². The van der Waals surface area contributed by atoms with Gasteiger partial charge < -0.3 is 34.5 Å². The van der Waals surface area contributed by atoms with Crippen LogP contribution in [0, 0.1) is 6.92 Å². The zero-order valence-corrected chi connectivity index (χ0v) is 22.0. The lowest BCUT2D eigenvalue weighted by Gasteiger charge is -2.30. The van der Waals surface area contributed by atoms with Crippen molar-refractivity contribution in [1.29, 1.82) is 0 Å². The average molecular weight is 617 g/mol. The first kappa shape index (κ1) is 27.7. The van der Waals surface area contributed by atoms with Crippen molar-refractivity contribution in [1.82, 2.24) is 15.5 Å². The summed E-state index contributed by atoms with van der Waals surface area (Å²) in [6, 6.07) is 6.70. The van der Waals surface area contributed by atoms with Gasteiger partial charge in [0.05, 0.1) is 25.4 Å². The van der Waals surface area contributed by atoms with Gasteiger partial charge in [-0.1, -0.05) is 68.3 Å². The lowest BCUT2D eigenvalue weighted by atomic mass is 10.0. The van der Waals surface area contributed by atoms with Gasteiger partial charge in [-0.25, -0.2) is 0 Å². The van der Waals surface area contributed by atoms with Gasteiger partial charge in [-0.3, -0.25) is 4.79 Å². The quantitative estimate of drug-likeness (QED) is 0.281. The number of aryl methyl sites for hydroxylation is 1. The Kier molecular flexibility index (Phi) is 10.6. The van der Waals surface area contributed by atoms with Crippen LogP contribution in [0.2, 0.25) is 0 Å². The molecule has 10 nitrogen and oxygen atoms in total. The Hall–Kier alpha value is -1.93. The maximum atomic E-state index is 13.3. The van der Waals surface area contributed by atoms with Crippen molar-refractivity contribution in [2.24, 2.45) is 0 Å². The summed E-state index contributed by atoms with van der Waals surface area (Å²) in [6.07, 6.45) is -3.40. The summed E-state index contributed by atoms with van der Waals surface area (Å²) < 4.78 is 16.7. The van der Waals surface area contributed by atoms with Crippen molar-refractivity contribution >= 4 is 37.8 Å². The molecule has 12 heteroatoms. The van der Waals surface area contributed by atoms with E-state index in [0.717, 1.165) is 11.1 Å². The van der Waals surface area contributed by atoms with E-state index in [0.29, 0.717) is 6.42 Å². The van der Waals surface area contributed by atoms with E-state index in [1.165, 1.54) is 0 Å². The van der Waals surface area contributed by atoms with E-state index in [2.05, 4.69) is 47.4 Å². The number of aliphatic hydroxyl groups excluding tert-OH is 3. The van der Waals surface area contributed by atoms with E-state index in [4.69, 9.17) is 13.9 Å². The molecule has 0 spiro atoms. The third-order valence-corrected chi connectivity index (χ3v) is 6.19. The molecule has 0 bridgehead atoms. The van der Waals surface area contributed by atoms with Crippen molar-refractivity contribution in [2.75, 3.05) is 13.2 Å². The topological polar surface area (TPSA) is 147 Å². The van der Waals surface area contributed by atoms with Crippen molar-refractivity contribution in [3.8, 4) is 0 Å². The lowest BCUT2D eigenvalue weighted by molar-refractivity contribution is -0.161. The van der Waals surface area contributed by atoms with E-state index >= 15 is 0 Å². The summed E-state index contributed by atoms with van der Waals surface area (Å²) in [4.78, 5) is 16.4. The van der Waals surface area contributed by atoms with Gasteiger partial charge >= 0.3 is 0 Å². The first-order valence-corrected chi connectivity index (χ1v) is 12.7. The number of carbonyl (C=O) groups is 1. The molecular formula is C23H27Br2N3O7. The largest absolute Gasteiger partial charge is 0.423 e. The molecule has 3 rings (SSSR count). The van der Waals surface area contributed by atoms with Crippen LogP contribution in [0.3, 0.4) is 0 Å². The van der Waals surface area contributed by atoms with Crippen LogP contribution >= 0.6 is 31.9 Å². The van der Waals surface area contributed by atoms with Crippen molar-refractivity contribution in [3.63, 3.8) is 0 Å². The Morgan fingerprint density at radius 3 is 2.51 bits per heavy atom. The molecule has 0 aliphatic heterocycles. The summed E-state index contributed by atoms with van der Waals surface area (Å²) in [6.45, 7) is 1.59. The van der Waals surface area contributed by atoms with Crippen molar-refractivity contribution < 1.29 is 34.0 Å². The van der Waals surface area contributed by atoms with Gasteiger partial charge in [0.2, 0.25) is 11.8 Å². The highest BCUT2D eigenvalue weighted by atomic mass is 79.9. The number of aliphatic hydroxyl groups is 3. The third-order valence-electron chi connectivity index (χ3n) is 5.44. The first-order chi connectivity index (χ1) is 16.9. The van der Waals surface area contributed by atoms with Crippen LogP contribution in [0.4, 0.5) is 0 Å². The Labute approximate surface area is 219 Å². The number of nitrogens with zero attached hydrogens (tertiary/aromatic N) is 2. The highest BCUT2D eigenvalue weighted by molar-refractivity contribution is 9.11. The molecule has 35 heavy (non-hydrogen) atoms. The molecule has 1 heterocycles. The third kappa shape index (κ3) is 7.06. The second-order valence-electron chi connectivity index (χ2n) is 7.83. The number of halogens is 2. The average Bonchev–Trinajstić information content (AvgIpc) is 3.41. The van der Waals surface area contributed by atoms with E-state index in [1.807, 2.05) is 24.3 Å². The van der Waals surface area contributed by atoms with Crippen LogP contribution in [-0.2, 0) is 20.7 Å². The summed E-state index contributed by atoms with van der Waals surface area (Å²) in [5.41, 5.74) is 1.71. The van der Waals surface area contributed by atoms with Gasteiger partial charge in [-0.05, 0) is 21.1 Å². The molecule has 1 aliphatic rings. The van der Waals surface area contributed by atoms with Gasteiger partial charge in [-0.2, -0.15) is 0 Å². The minimum absolute atomic E-state index is 0.0333. The molecule has 6 atom stereocenters. The van der Waals surface area contributed by atoms with Gasteiger partial charge in [0, 0.05) is 13.3 Å². The Morgan fingerprint density at radius 2 is 1.86 bits per heavy atom. The zero-order valence-electron chi connectivity index (χ0n) is 18.8. The first-order valence-electron chi connectivity index (χ1n) is 10.8.